The van der Waals surface area contributed by atoms with Crippen molar-refractivity contribution in [2.24, 2.45) is 0 Å². The van der Waals surface area contributed by atoms with Gasteiger partial charge in [0.2, 0.25) is 6.20 Å². The van der Waals surface area contributed by atoms with E-state index in [2.05, 4.69) is 0 Å². The Morgan fingerprint density at radius 1 is 1.54 bits per heavy atom. The smallest absolute Gasteiger partial charge is 0.235 e. The average molecular weight is 179 g/mol. The average Bonchev–Trinajstić information content (AvgIpc) is 2.07. The quantitative estimate of drug-likeness (QED) is 0.557. The van der Waals surface area contributed by atoms with Crippen LogP contribution in [-0.2, 0) is 0 Å². The molecule has 68 valence electrons. The fraction of sp³-hybridized carbons (Fsp3) is 0.111. The number of phenols is 1. The predicted molar refractivity (Wildman–Crippen MR) is 48.9 cm³/mol. The van der Waals surface area contributed by atoms with E-state index < -0.39 is 4.92 Å². The van der Waals surface area contributed by atoms with Crippen molar-refractivity contribution >= 4 is 6.08 Å². The van der Waals surface area contributed by atoms with Crippen molar-refractivity contribution in [1.82, 2.24) is 0 Å². The first-order valence-electron chi connectivity index (χ1n) is 3.71. The van der Waals surface area contributed by atoms with Crippen molar-refractivity contribution in [1.29, 1.82) is 0 Å². The second-order valence-corrected chi connectivity index (χ2v) is 2.65. The van der Waals surface area contributed by atoms with Crippen LogP contribution >= 0.6 is 0 Å². The fourth-order valence-electron chi connectivity index (χ4n) is 0.877. The van der Waals surface area contributed by atoms with Gasteiger partial charge in [-0.25, -0.2) is 0 Å². The second-order valence-electron chi connectivity index (χ2n) is 2.65. The maximum atomic E-state index is 9.98. The minimum Gasteiger partial charge on any atom is -0.508 e. The van der Waals surface area contributed by atoms with Gasteiger partial charge in [-0.2, -0.15) is 0 Å². The van der Waals surface area contributed by atoms with E-state index in [0.717, 1.165) is 11.8 Å². The number of rotatable bonds is 2. The Morgan fingerprint density at radius 3 is 2.77 bits per heavy atom. The number of aryl methyl sites for hydroxylation is 1. The van der Waals surface area contributed by atoms with Crippen LogP contribution in [0.25, 0.3) is 6.08 Å². The molecule has 1 N–H and O–H groups in total. The third-order valence-electron chi connectivity index (χ3n) is 1.62. The zero-order valence-electron chi connectivity index (χ0n) is 7.10. The van der Waals surface area contributed by atoms with Crippen molar-refractivity contribution in [3.63, 3.8) is 0 Å². The SMILES string of the molecule is Cc1ccc(/C=C/[N+](=O)[O-])cc1O. The number of nitrogens with zero attached hydrogens (tertiary/aromatic N) is 1. The van der Waals surface area contributed by atoms with E-state index in [1.807, 2.05) is 0 Å². The van der Waals surface area contributed by atoms with Crippen LogP contribution in [0.1, 0.15) is 11.1 Å². The lowest BCUT2D eigenvalue weighted by Crippen LogP contribution is -1.83. The molecule has 0 fully saturated rings. The summed E-state index contributed by atoms with van der Waals surface area (Å²) in [5, 5.41) is 19.2. The van der Waals surface area contributed by atoms with Gasteiger partial charge in [-0.1, -0.05) is 12.1 Å². The lowest BCUT2D eigenvalue weighted by atomic mass is 10.1. The van der Waals surface area contributed by atoms with Gasteiger partial charge in [0, 0.05) is 6.08 Å². The van der Waals surface area contributed by atoms with Gasteiger partial charge in [0.25, 0.3) is 0 Å². The first-order valence-corrected chi connectivity index (χ1v) is 3.71. The summed E-state index contributed by atoms with van der Waals surface area (Å²) < 4.78 is 0. The van der Waals surface area contributed by atoms with Crippen molar-refractivity contribution in [3.05, 3.63) is 45.6 Å². The molecule has 0 saturated carbocycles. The highest BCUT2D eigenvalue weighted by atomic mass is 16.6. The van der Waals surface area contributed by atoms with Crippen LogP contribution in [0.4, 0.5) is 0 Å². The summed E-state index contributed by atoms with van der Waals surface area (Å²) in [6.07, 6.45) is 2.17. The molecule has 1 aromatic rings. The summed E-state index contributed by atoms with van der Waals surface area (Å²) in [6, 6.07) is 4.89. The summed E-state index contributed by atoms with van der Waals surface area (Å²) in [4.78, 5) is 9.44. The van der Waals surface area contributed by atoms with Gasteiger partial charge in [0.15, 0.2) is 0 Å². The Morgan fingerprint density at radius 2 is 2.23 bits per heavy atom. The van der Waals surface area contributed by atoms with Crippen LogP contribution in [-0.4, -0.2) is 10.0 Å². The first kappa shape index (κ1) is 9.25. The van der Waals surface area contributed by atoms with E-state index in [4.69, 9.17) is 0 Å². The number of aromatic hydroxyl groups is 1. The van der Waals surface area contributed by atoms with Crippen LogP contribution in [0.3, 0.4) is 0 Å². The molecule has 4 heteroatoms. The van der Waals surface area contributed by atoms with Crippen molar-refractivity contribution in [3.8, 4) is 5.75 Å². The van der Waals surface area contributed by atoms with Crippen LogP contribution in [0.15, 0.2) is 24.4 Å². The Hall–Kier alpha value is -1.84. The monoisotopic (exact) mass is 179 g/mol. The zero-order chi connectivity index (χ0) is 9.84. The van der Waals surface area contributed by atoms with Crippen LogP contribution in [0.2, 0.25) is 0 Å². The number of benzene rings is 1. The van der Waals surface area contributed by atoms with Crippen molar-refractivity contribution in [2.75, 3.05) is 0 Å². The van der Waals surface area contributed by atoms with Gasteiger partial charge in [-0.15, -0.1) is 0 Å². The van der Waals surface area contributed by atoms with E-state index >= 15 is 0 Å². The van der Waals surface area contributed by atoms with E-state index in [1.54, 1.807) is 19.1 Å². The Labute approximate surface area is 75.3 Å². The van der Waals surface area contributed by atoms with Crippen molar-refractivity contribution in [2.45, 2.75) is 6.92 Å². The third-order valence-corrected chi connectivity index (χ3v) is 1.62. The highest BCUT2D eigenvalue weighted by molar-refractivity contribution is 5.52. The number of nitro groups is 1. The van der Waals surface area contributed by atoms with Gasteiger partial charge in [-0.3, -0.25) is 10.1 Å². The Bertz CT molecular complexity index is 358. The number of hydrogen-bond acceptors (Lipinski definition) is 3. The standard InChI is InChI=1S/C9H9NO3/c1-7-2-3-8(6-9(7)11)4-5-10(12)13/h2-6,11H,1H3/b5-4+. The molecule has 0 aromatic heterocycles. The summed E-state index contributed by atoms with van der Waals surface area (Å²) in [6.45, 7) is 1.76. The van der Waals surface area contributed by atoms with E-state index in [0.29, 0.717) is 5.56 Å². The van der Waals surface area contributed by atoms with E-state index in [9.17, 15) is 15.2 Å². The van der Waals surface area contributed by atoms with Crippen LogP contribution < -0.4 is 0 Å². The molecule has 0 heterocycles. The summed E-state index contributed by atoms with van der Waals surface area (Å²) in [7, 11) is 0. The molecule has 0 aliphatic heterocycles. The Kier molecular flexibility index (Phi) is 2.64. The second kappa shape index (κ2) is 3.71. The molecule has 0 bridgehead atoms. The van der Waals surface area contributed by atoms with Gasteiger partial charge in [0.1, 0.15) is 5.75 Å². The normalized spacial score (nSPS) is 10.5. The lowest BCUT2D eigenvalue weighted by Gasteiger charge is -1.97. The Balaban J connectivity index is 2.92. The molecule has 1 aromatic carbocycles. The third kappa shape index (κ3) is 2.59. The molecule has 0 aliphatic rings. The lowest BCUT2D eigenvalue weighted by molar-refractivity contribution is -0.400. The van der Waals surface area contributed by atoms with Crippen LogP contribution in [0.5, 0.6) is 5.75 Å². The molecule has 0 aliphatic carbocycles. The highest BCUT2D eigenvalue weighted by Crippen LogP contribution is 2.17. The topological polar surface area (TPSA) is 63.4 Å². The minimum atomic E-state index is -0.545. The molecule has 1 rings (SSSR count). The minimum absolute atomic E-state index is 0.144. The summed E-state index contributed by atoms with van der Waals surface area (Å²) in [5.41, 5.74) is 1.36. The molecule has 0 saturated heterocycles. The highest BCUT2D eigenvalue weighted by Gasteiger charge is 1.96. The maximum absolute atomic E-state index is 9.98. The molecule has 0 atom stereocenters. The van der Waals surface area contributed by atoms with E-state index in [1.165, 1.54) is 12.1 Å². The fourth-order valence-corrected chi connectivity index (χ4v) is 0.877. The molecular formula is C9H9NO3. The van der Waals surface area contributed by atoms with Gasteiger partial charge in [-0.05, 0) is 24.1 Å². The molecule has 0 unspecified atom stereocenters. The molecule has 0 amide bonds. The molecule has 13 heavy (non-hydrogen) atoms. The molecule has 0 radical (unpaired) electrons. The largest absolute Gasteiger partial charge is 0.508 e. The predicted octanol–water partition coefficient (Wildman–Crippen LogP) is 1.95. The first-order chi connectivity index (χ1) is 6.09. The zero-order valence-corrected chi connectivity index (χ0v) is 7.10. The van der Waals surface area contributed by atoms with E-state index in [-0.39, 0.29) is 5.75 Å². The van der Waals surface area contributed by atoms with Gasteiger partial charge in [0.05, 0.1) is 4.92 Å². The van der Waals surface area contributed by atoms with Gasteiger partial charge >= 0.3 is 0 Å². The molecule has 4 nitrogen and oxygen atoms in total. The summed E-state index contributed by atoms with van der Waals surface area (Å²) >= 11 is 0. The molecule has 0 spiro atoms. The van der Waals surface area contributed by atoms with Crippen molar-refractivity contribution < 1.29 is 10.0 Å². The number of phenolic OH excluding ortho intramolecular Hbond substituents is 1. The van der Waals surface area contributed by atoms with Gasteiger partial charge < -0.3 is 5.11 Å². The number of hydrogen-bond donors (Lipinski definition) is 1. The molecular weight excluding hydrogens is 170 g/mol. The summed E-state index contributed by atoms with van der Waals surface area (Å²) in [5.74, 6) is 0.144. The van der Waals surface area contributed by atoms with Crippen LogP contribution in [0, 0.1) is 17.0 Å². The maximum Gasteiger partial charge on any atom is 0.235 e.